The van der Waals surface area contributed by atoms with E-state index < -0.39 is 0 Å². The zero-order chi connectivity index (χ0) is 10.2. The average molecular weight is 309 g/mol. The molecule has 1 rings (SSSR count). The van der Waals surface area contributed by atoms with E-state index in [-0.39, 0.29) is 6.61 Å². The molecule has 0 spiro atoms. The van der Waals surface area contributed by atoms with Gasteiger partial charge in [0.15, 0.2) is 0 Å². The molecule has 0 saturated carbocycles. The Morgan fingerprint density at radius 1 is 1.50 bits per heavy atom. The zero-order valence-corrected chi connectivity index (χ0v) is 9.77. The highest BCUT2D eigenvalue weighted by Gasteiger charge is 1.98. The number of nitrogens with one attached hydrogen (secondary N) is 1. The van der Waals surface area contributed by atoms with Gasteiger partial charge in [0.25, 0.3) is 0 Å². The van der Waals surface area contributed by atoms with Crippen molar-refractivity contribution in [3.05, 3.63) is 16.1 Å². The molecule has 0 saturated heterocycles. The molecule has 1 heterocycles. The predicted molar refractivity (Wildman–Crippen MR) is 61.1 cm³/mol. The van der Waals surface area contributed by atoms with Crippen molar-refractivity contribution in [2.45, 2.75) is 0 Å². The minimum atomic E-state index is 0.0606. The molecule has 0 aliphatic rings. The first-order valence-electron chi connectivity index (χ1n) is 4.22. The normalized spacial score (nSPS) is 10.1. The maximum absolute atomic E-state index is 8.46. The number of aromatic nitrogens is 2. The Morgan fingerprint density at radius 3 is 3.07 bits per heavy atom. The third-order valence-corrected chi connectivity index (χ3v) is 2.23. The monoisotopic (exact) mass is 309 g/mol. The van der Waals surface area contributed by atoms with Gasteiger partial charge in [-0.15, -0.1) is 0 Å². The van der Waals surface area contributed by atoms with Crippen LogP contribution in [0.1, 0.15) is 0 Å². The number of nitrogens with zero attached hydrogens (tertiary/aromatic N) is 2. The van der Waals surface area contributed by atoms with Crippen molar-refractivity contribution in [2.24, 2.45) is 0 Å². The summed E-state index contributed by atoms with van der Waals surface area (Å²) in [5, 5.41) is 11.6. The Hall–Kier alpha value is -0.470. The number of halogens is 1. The fraction of sp³-hybridized carbons (Fsp3) is 0.500. The highest BCUT2D eigenvalue weighted by Crippen LogP contribution is 2.11. The molecule has 14 heavy (non-hydrogen) atoms. The van der Waals surface area contributed by atoms with Crippen LogP contribution in [0.15, 0.2) is 12.5 Å². The molecule has 1 aromatic rings. The lowest BCUT2D eigenvalue weighted by molar-refractivity contribution is 0.0992. The number of anilines is 1. The van der Waals surface area contributed by atoms with Crippen LogP contribution in [0.25, 0.3) is 0 Å². The van der Waals surface area contributed by atoms with Crippen LogP contribution in [0.4, 0.5) is 5.82 Å². The van der Waals surface area contributed by atoms with Gasteiger partial charge in [-0.1, -0.05) is 0 Å². The second kappa shape index (κ2) is 6.91. The third kappa shape index (κ3) is 4.16. The average Bonchev–Trinajstić information content (AvgIpc) is 2.20. The molecule has 78 valence electrons. The molecule has 0 aliphatic heterocycles. The molecule has 0 unspecified atom stereocenters. The Labute approximate surface area is 96.0 Å². The molecule has 0 aromatic carbocycles. The minimum absolute atomic E-state index is 0.0606. The second-order valence-corrected chi connectivity index (χ2v) is 3.64. The van der Waals surface area contributed by atoms with Gasteiger partial charge in [0.05, 0.1) is 23.4 Å². The van der Waals surface area contributed by atoms with Gasteiger partial charge >= 0.3 is 0 Å². The lowest BCUT2D eigenvalue weighted by atomic mass is 10.5. The standard InChI is InChI=1S/C8H12IN3O2/c9-7-5-10-6-12-8(7)11-1-3-14-4-2-13/h5-6,13H,1-4H2,(H,10,11,12). The largest absolute Gasteiger partial charge is 0.394 e. The van der Waals surface area contributed by atoms with E-state index in [0.717, 1.165) is 9.39 Å². The molecule has 5 nitrogen and oxygen atoms in total. The predicted octanol–water partition coefficient (Wildman–Crippen LogP) is 0.502. The highest BCUT2D eigenvalue weighted by atomic mass is 127. The van der Waals surface area contributed by atoms with Gasteiger partial charge in [-0.25, -0.2) is 9.97 Å². The SMILES string of the molecule is OCCOCCNc1ncncc1I. The van der Waals surface area contributed by atoms with Crippen LogP contribution in [-0.2, 0) is 4.74 Å². The van der Waals surface area contributed by atoms with Gasteiger partial charge in [-0.3, -0.25) is 0 Å². The van der Waals surface area contributed by atoms with E-state index in [9.17, 15) is 0 Å². The van der Waals surface area contributed by atoms with Crippen molar-refractivity contribution in [1.29, 1.82) is 0 Å². The van der Waals surface area contributed by atoms with Gasteiger partial charge in [-0.2, -0.15) is 0 Å². The molecular weight excluding hydrogens is 297 g/mol. The molecule has 0 bridgehead atoms. The molecular formula is C8H12IN3O2. The van der Waals surface area contributed by atoms with Crippen molar-refractivity contribution >= 4 is 28.4 Å². The molecule has 0 aliphatic carbocycles. The Kier molecular flexibility index (Phi) is 5.72. The number of rotatable bonds is 6. The van der Waals surface area contributed by atoms with Crippen molar-refractivity contribution in [3.63, 3.8) is 0 Å². The lowest BCUT2D eigenvalue weighted by Crippen LogP contribution is -2.12. The van der Waals surface area contributed by atoms with Crippen molar-refractivity contribution in [3.8, 4) is 0 Å². The minimum Gasteiger partial charge on any atom is -0.394 e. The number of ether oxygens (including phenoxy) is 1. The van der Waals surface area contributed by atoms with Crippen LogP contribution in [0.2, 0.25) is 0 Å². The van der Waals surface area contributed by atoms with Crippen molar-refractivity contribution in [2.75, 3.05) is 31.7 Å². The summed E-state index contributed by atoms with van der Waals surface area (Å²) in [5.41, 5.74) is 0. The summed E-state index contributed by atoms with van der Waals surface area (Å²) < 4.78 is 6.06. The quantitative estimate of drug-likeness (QED) is 0.592. The maximum atomic E-state index is 8.46. The Bertz CT molecular complexity index is 273. The smallest absolute Gasteiger partial charge is 0.142 e. The van der Waals surface area contributed by atoms with Crippen LogP contribution in [0.3, 0.4) is 0 Å². The van der Waals surface area contributed by atoms with Crippen LogP contribution in [0.5, 0.6) is 0 Å². The molecule has 0 radical (unpaired) electrons. The van der Waals surface area contributed by atoms with Gasteiger partial charge in [-0.05, 0) is 22.6 Å². The molecule has 2 N–H and O–H groups in total. The summed E-state index contributed by atoms with van der Waals surface area (Å²) in [6.07, 6.45) is 3.24. The van der Waals surface area contributed by atoms with E-state index in [4.69, 9.17) is 9.84 Å². The van der Waals surface area contributed by atoms with E-state index in [1.54, 1.807) is 6.20 Å². The number of hydrogen-bond donors (Lipinski definition) is 2. The molecule has 0 amide bonds. The van der Waals surface area contributed by atoms with Gasteiger partial charge in [0, 0.05) is 12.7 Å². The summed E-state index contributed by atoms with van der Waals surface area (Å²) in [6.45, 7) is 1.67. The zero-order valence-electron chi connectivity index (χ0n) is 7.61. The highest BCUT2D eigenvalue weighted by molar-refractivity contribution is 14.1. The number of aliphatic hydroxyl groups is 1. The summed E-state index contributed by atoms with van der Waals surface area (Å²) in [4.78, 5) is 7.94. The van der Waals surface area contributed by atoms with Crippen LogP contribution in [-0.4, -0.2) is 41.4 Å². The van der Waals surface area contributed by atoms with Crippen LogP contribution in [0, 0.1) is 3.57 Å². The first-order valence-corrected chi connectivity index (χ1v) is 5.30. The summed E-state index contributed by atoms with van der Waals surface area (Å²) in [7, 11) is 0. The fourth-order valence-electron chi connectivity index (χ4n) is 0.851. The number of aliphatic hydroxyl groups excluding tert-OH is 1. The fourth-order valence-corrected chi connectivity index (χ4v) is 1.34. The van der Waals surface area contributed by atoms with Crippen molar-refractivity contribution < 1.29 is 9.84 Å². The van der Waals surface area contributed by atoms with Crippen LogP contribution < -0.4 is 5.32 Å². The van der Waals surface area contributed by atoms with E-state index in [2.05, 4.69) is 37.9 Å². The van der Waals surface area contributed by atoms with Gasteiger partial charge < -0.3 is 15.2 Å². The summed E-state index contributed by atoms with van der Waals surface area (Å²) in [6, 6.07) is 0. The molecule has 1 aromatic heterocycles. The lowest BCUT2D eigenvalue weighted by Gasteiger charge is -2.06. The van der Waals surface area contributed by atoms with Crippen molar-refractivity contribution in [1.82, 2.24) is 9.97 Å². The Morgan fingerprint density at radius 2 is 2.36 bits per heavy atom. The summed E-state index contributed by atoms with van der Waals surface area (Å²) >= 11 is 2.16. The second-order valence-electron chi connectivity index (χ2n) is 2.48. The Balaban J connectivity index is 2.21. The number of hydrogen-bond acceptors (Lipinski definition) is 5. The molecule has 0 fully saturated rings. The van der Waals surface area contributed by atoms with E-state index in [1.807, 2.05) is 0 Å². The first kappa shape index (κ1) is 11.6. The van der Waals surface area contributed by atoms with Gasteiger partial charge in [0.2, 0.25) is 0 Å². The van der Waals surface area contributed by atoms with E-state index in [0.29, 0.717) is 19.8 Å². The molecule has 0 atom stereocenters. The van der Waals surface area contributed by atoms with E-state index >= 15 is 0 Å². The van der Waals surface area contributed by atoms with Gasteiger partial charge in [0.1, 0.15) is 12.1 Å². The third-order valence-electron chi connectivity index (χ3n) is 1.44. The first-order chi connectivity index (χ1) is 6.84. The topological polar surface area (TPSA) is 67.3 Å². The van der Waals surface area contributed by atoms with E-state index in [1.165, 1.54) is 6.33 Å². The maximum Gasteiger partial charge on any atom is 0.142 e. The summed E-state index contributed by atoms with van der Waals surface area (Å²) in [5.74, 6) is 0.813. The molecule has 6 heteroatoms. The van der Waals surface area contributed by atoms with Crippen LogP contribution >= 0.6 is 22.6 Å².